The van der Waals surface area contributed by atoms with Crippen molar-refractivity contribution in [3.8, 4) is 0 Å². The van der Waals surface area contributed by atoms with E-state index >= 15 is 0 Å². The van der Waals surface area contributed by atoms with Crippen LogP contribution in [0.4, 0.5) is 4.39 Å². The van der Waals surface area contributed by atoms with Gasteiger partial charge in [-0.1, -0.05) is 0 Å². The number of ketones is 1. The summed E-state index contributed by atoms with van der Waals surface area (Å²) >= 11 is 1.67. The van der Waals surface area contributed by atoms with Crippen molar-refractivity contribution in [1.82, 2.24) is 9.88 Å². The second-order valence-electron chi connectivity index (χ2n) is 5.96. The first-order valence-electron chi connectivity index (χ1n) is 8.09. The Morgan fingerprint density at radius 2 is 1.88 bits per heavy atom. The van der Waals surface area contributed by atoms with Crippen LogP contribution in [-0.4, -0.2) is 34.7 Å². The summed E-state index contributed by atoms with van der Waals surface area (Å²) in [7, 11) is 0. The number of benzene rings is 1. The van der Waals surface area contributed by atoms with Crippen molar-refractivity contribution in [2.24, 2.45) is 0 Å². The van der Waals surface area contributed by atoms with Gasteiger partial charge in [0, 0.05) is 49.0 Å². The largest absolute Gasteiger partial charge is 0.343 e. The molecule has 1 aliphatic rings. The molecule has 1 aromatic heterocycles. The van der Waals surface area contributed by atoms with E-state index in [1.165, 1.54) is 24.3 Å². The predicted octanol–water partition coefficient (Wildman–Crippen LogP) is 3.65. The lowest BCUT2D eigenvalue weighted by Crippen LogP contribution is -2.38. The Bertz CT molecular complexity index is 692. The first kappa shape index (κ1) is 16.8. The minimum atomic E-state index is -0.370. The van der Waals surface area contributed by atoms with Crippen LogP contribution in [0.3, 0.4) is 0 Å². The van der Waals surface area contributed by atoms with Gasteiger partial charge in [0.15, 0.2) is 5.78 Å². The van der Waals surface area contributed by atoms with Gasteiger partial charge in [-0.2, -0.15) is 0 Å². The van der Waals surface area contributed by atoms with Crippen LogP contribution in [0.2, 0.25) is 0 Å². The molecule has 1 fully saturated rings. The molecule has 4 nitrogen and oxygen atoms in total. The van der Waals surface area contributed by atoms with Crippen LogP contribution in [0, 0.1) is 5.82 Å². The number of aromatic nitrogens is 1. The average Bonchev–Trinajstić information content (AvgIpc) is 3.15. The maximum absolute atomic E-state index is 12.9. The van der Waals surface area contributed by atoms with Gasteiger partial charge < -0.3 is 4.90 Å². The number of hydrogen-bond acceptors (Lipinski definition) is 4. The molecule has 1 aromatic carbocycles. The Kier molecular flexibility index (Phi) is 5.35. The molecule has 0 saturated carbocycles. The average molecular weight is 346 g/mol. The number of piperidine rings is 1. The van der Waals surface area contributed by atoms with Crippen molar-refractivity contribution >= 4 is 23.0 Å². The normalized spacial score (nSPS) is 15.5. The summed E-state index contributed by atoms with van der Waals surface area (Å²) in [5.74, 6) is -0.0373. The zero-order chi connectivity index (χ0) is 16.9. The fraction of sp³-hybridized carbons (Fsp3) is 0.389. The van der Waals surface area contributed by atoms with E-state index in [1.54, 1.807) is 11.3 Å². The molecule has 24 heavy (non-hydrogen) atoms. The lowest BCUT2D eigenvalue weighted by Gasteiger charge is -2.31. The molecule has 0 atom stereocenters. The SMILES string of the molecule is O=C(CCC(=O)N1CCC(c2nccs2)CC1)c1ccc(F)cc1. The van der Waals surface area contributed by atoms with Crippen LogP contribution in [0.5, 0.6) is 0 Å². The fourth-order valence-corrected chi connectivity index (χ4v) is 3.78. The van der Waals surface area contributed by atoms with E-state index in [2.05, 4.69) is 4.98 Å². The molecule has 6 heteroatoms. The number of nitrogens with zero attached hydrogens (tertiary/aromatic N) is 2. The van der Waals surface area contributed by atoms with Gasteiger partial charge in [-0.25, -0.2) is 9.37 Å². The van der Waals surface area contributed by atoms with Crippen LogP contribution in [0.1, 0.15) is 47.0 Å². The number of rotatable bonds is 5. The van der Waals surface area contributed by atoms with Crippen molar-refractivity contribution in [2.75, 3.05) is 13.1 Å². The monoisotopic (exact) mass is 346 g/mol. The van der Waals surface area contributed by atoms with Crippen molar-refractivity contribution in [3.05, 3.63) is 52.2 Å². The molecule has 0 bridgehead atoms. The van der Waals surface area contributed by atoms with Crippen molar-refractivity contribution in [2.45, 2.75) is 31.6 Å². The van der Waals surface area contributed by atoms with Crippen LogP contribution in [0.15, 0.2) is 35.8 Å². The highest BCUT2D eigenvalue weighted by atomic mass is 32.1. The van der Waals surface area contributed by atoms with Crippen molar-refractivity contribution < 1.29 is 14.0 Å². The summed E-state index contributed by atoms with van der Waals surface area (Å²) in [5.41, 5.74) is 0.451. The van der Waals surface area contributed by atoms with Gasteiger partial charge in [0.05, 0.1) is 5.01 Å². The Morgan fingerprint density at radius 1 is 1.17 bits per heavy atom. The number of halogens is 1. The highest BCUT2D eigenvalue weighted by Gasteiger charge is 2.25. The summed E-state index contributed by atoms with van der Waals surface area (Å²) in [6.45, 7) is 1.43. The van der Waals surface area contributed by atoms with Crippen LogP contribution in [0.25, 0.3) is 0 Å². The first-order chi connectivity index (χ1) is 11.6. The van der Waals surface area contributed by atoms with E-state index < -0.39 is 0 Å². The molecular formula is C18H19FN2O2S. The molecule has 126 valence electrons. The molecule has 2 heterocycles. The highest BCUT2D eigenvalue weighted by Crippen LogP contribution is 2.29. The lowest BCUT2D eigenvalue weighted by molar-refractivity contribution is -0.132. The smallest absolute Gasteiger partial charge is 0.223 e. The van der Waals surface area contributed by atoms with Gasteiger partial charge >= 0.3 is 0 Å². The number of hydrogen-bond donors (Lipinski definition) is 0. The van der Waals surface area contributed by atoms with Crippen LogP contribution < -0.4 is 0 Å². The number of Topliss-reactive ketones (excluding diaryl/α,β-unsaturated/α-hetero) is 1. The van der Waals surface area contributed by atoms with Crippen LogP contribution in [-0.2, 0) is 4.79 Å². The summed E-state index contributed by atoms with van der Waals surface area (Å²) in [6, 6.07) is 5.44. The van der Waals surface area contributed by atoms with E-state index in [0.29, 0.717) is 24.6 Å². The van der Waals surface area contributed by atoms with Gasteiger partial charge in [-0.15, -0.1) is 11.3 Å². The molecular weight excluding hydrogens is 327 g/mol. The Morgan fingerprint density at radius 3 is 2.50 bits per heavy atom. The number of amides is 1. The summed E-state index contributed by atoms with van der Waals surface area (Å²) < 4.78 is 12.9. The minimum absolute atomic E-state index is 0.0167. The van der Waals surface area contributed by atoms with Crippen LogP contribution >= 0.6 is 11.3 Å². The molecule has 1 aliphatic heterocycles. The molecule has 0 N–H and O–H groups in total. The minimum Gasteiger partial charge on any atom is -0.343 e. The maximum atomic E-state index is 12.9. The van der Waals surface area contributed by atoms with E-state index in [9.17, 15) is 14.0 Å². The van der Waals surface area contributed by atoms with Crippen molar-refractivity contribution in [1.29, 1.82) is 0 Å². The molecule has 0 radical (unpaired) electrons. The van der Waals surface area contributed by atoms with E-state index in [-0.39, 0.29) is 30.3 Å². The summed E-state index contributed by atoms with van der Waals surface area (Å²) in [6.07, 6.45) is 4.03. The second-order valence-corrected chi connectivity index (χ2v) is 6.88. The van der Waals surface area contributed by atoms with E-state index in [0.717, 1.165) is 17.8 Å². The summed E-state index contributed by atoms with van der Waals surface area (Å²) in [5, 5.41) is 3.13. The molecule has 3 rings (SSSR count). The number of carbonyl (C=O) groups is 2. The molecule has 2 aromatic rings. The second kappa shape index (κ2) is 7.66. The van der Waals surface area contributed by atoms with Gasteiger partial charge in [0.2, 0.25) is 5.91 Å². The van der Waals surface area contributed by atoms with E-state index in [1.807, 2.05) is 16.5 Å². The number of thiazole rings is 1. The fourth-order valence-electron chi connectivity index (χ4n) is 2.97. The molecule has 0 aliphatic carbocycles. The van der Waals surface area contributed by atoms with Gasteiger partial charge in [0.1, 0.15) is 5.82 Å². The Hall–Kier alpha value is -2.08. The van der Waals surface area contributed by atoms with Gasteiger partial charge in [-0.05, 0) is 37.1 Å². The molecule has 0 spiro atoms. The third-order valence-corrected chi connectivity index (χ3v) is 5.32. The third-order valence-electron chi connectivity index (χ3n) is 4.38. The first-order valence-corrected chi connectivity index (χ1v) is 8.97. The predicted molar refractivity (Wildman–Crippen MR) is 90.6 cm³/mol. The van der Waals surface area contributed by atoms with Crippen molar-refractivity contribution in [3.63, 3.8) is 0 Å². The number of carbonyl (C=O) groups excluding carboxylic acids is 2. The zero-order valence-corrected chi connectivity index (χ0v) is 14.1. The summed E-state index contributed by atoms with van der Waals surface area (Å²) in [4.78, 5) is 30.5. The maximum Gasteiger partial charge on any atom is 0.223 e. The third kappa shape index (κ3) is 4.06. The lowest BCUT2D eigenvalue weighted by atomic mass is 9.97. The zero-order valence-electron chi connectivity index (χ0n) is 13.3. The number of likely N-dealkylation sites (tertiary alicyclic amines) is 1. The highest BCUT2D eigenvalue weighted by molar-refractivity contribution is 7.09. The molecule has 1 saturated heterocycles. The van der Waals surface area contributed by atoms with E-state index in [4.69, 9.17) is 0 Å². The Balaban J connectivity index is 1.46. The molecule has 1 amide bonds. The topological polar surface area (TPSA) is 50.3 Å². The Labute approximate surface area is 144 Å². The quantitative estimate of drug-likeness (QED) is 0.777. The van der Waals surface area contributed by atoms with Gasteiger partial charge in [0.25, 0.3) is 0 Å². The standard InChI is InChI=1S/C18H19FN2O2S/c19-15-3-1-13(2-4-15)16(22)5-6-17(23)21-10-7-14(8-11-21)18-20-9-12-24-18/h1-4,9,12,14H,5-8,10-11H2. The van der Waals surface area contributed by atoms with Gasteiger partial charge in [-0.3, -0.25) is 9.59 Å². The molecule has 0 unspecified atom stereocenters.